The number of nitrogens with zero attached hydrogens (tertiary/aromatic N) is 1. The van der Waals surface area contributed by atoms with Gasteiger partial charge in [0.2, 0.25) is 11.8 Å². The van der Waals surface area contributed by atoms with Crippen molar-refractivity contribution in [3.63, 3.8) is 0 Å². The number of imide groups is 1. The van der Waals surface area contributed by atoms with Crippen molar-refractivity contribution in [1.29, 1.82) is 0 Å². The van der Waals surface area contributed by atoms with Gasteiger partial charge in [-0.25, -0.2) is 4.39 Å². The number of hydrogen-bond acceptors (Lipinski definition) is 4. The number of halogens is 3. The second kappa shape index (κ2) is 8.12. The van der Waals surface area contributed by atoms with E-state index < -0.39 is 24.1 Å². The highest BCUT2D eigenvalue weighted by atomic mass is 19.3. The third kappa shape index (κ3) is 4.48. The van der Waals surface area contributed by atoms with E-state index in [0.717, 1.165) is 12.1 Å². The van der Waals surface area contributed by atoms with E-state index in [1.165, 1.54) is 23.1 Å². The van der Waals surface area contributed by atoms with Crippen molar-refractivity contribution >= 4 is 23.4 Å². The molecule has 1 saturated heterocycles. The number of carbonyl (C=O) groups is 3. The van der Waals surface area contributed by atoms with Crippen LogP contribution < -0.4 is 10.1 Å². The van der Waals surface area contributed by atoms with Crippen LogP contribution in [0.25, 0.3) is 0 Å². The smallest absolute Gasteiger partial charge is 0.387 e. The Morgan fingerprint density at radius 2 is 1.71 bits per heavy atom. The molecular weight excluding hydrogens is 377 g/mol. The maximum Gasteiger partial charge on any atom is 0.387 e. The fraction of sp³-hybridized carbons (Fsp3) is 0.211. The number of benzene rings is 2. The highest BCUT2D eigenvalue weighted by molar-refractivity contribution is 6.04. The molecule has 2 aromatic carbocycles. The molecule has 1 fully saturated rings. The number of rotatable bonds is 6. The number of amides is 3. The van der Waals surface area contributed by atoms with Crippen LogP contribution in [0, 0.1) is 5.82 Å². The van der Waals surface area contributed by atoms with Gasteiger partial charge in [-0.2, -0.15) is 8.78 Å². The molecule has 28 heavy (non-hydrogen) atoms. The molecule has 0 aliphatic carbocycles. The van der Waals surface area contributed by atoms with Gasteiger partial charge in [0.15, 0.2) is 11.6 Å². The summed E-state index contributed by atoms with van der Waals surface area (Å²) >= 11 is 0. The predicted molar refractivity (Wildman–Crippen MR) is 92.2 cm³/mol. The predicted octanol–water partition coefficient (Wildman–Crippen LogP) is 3.33. The first-order chi connectivity index (χ1) is 13.3. The first-order valence-electron chi connectivity index (χ1n) is 8.31. The van der Waals surface area contributed by atoms with Gasteiger partial charge in [0.25, 0.3) is 5.91 Å². The summed E-state index contributed by atoms with van der Waals surface area (Å²) in [4.78, 5) is 36.7. The summed E-state index contributed by atoms with van der Waals surface area (Å²) < 4.78 is 42.0. The molecule has 0 unspecified atom stereocenters. The van der Waals surface area contributed by atoms with Crippen LogP contribution in [0.15, 0.2) is 42.5 Å². The third-order valence-electron chi connectivity index (χ3n) is 4.12. The van der Waals surface area contributed by atoms with E-state index in [4.69, 9.17) is 0 Å². The van der Waals surface area contributed by atoms with Crippen LogP contribution in [0.1, 0.15) is 28.8 Å². The summed E-state index contributed by atoms with van der Waals surface area (Å²) in [7, 11) is 0. The van der Waals surface area contributed by atoms with E-state index in [9.17, 15) is 27.6 Å². The Balaban J connectivity index is 1.64. The molecular formula is C19H15F3N2O4. The van der Waals surface area contributed by atoms with E-state index >= 15 is 0 Å². The summed E-state index contributed by atoms with van der Waals surface area (Å²) in [5, 5.41) is 2.45. The monoisotopic (exact) mass is 392 g/mol. The molecule has 0 radical (unpaired) electrons. The number of nitrogens with one attached hydrogen (secondary N) is 1. The molecule has 2 aromatic rings. The van der Waals surface area contributed by atoms with Gasteiger partial charge in [-0.3, -0.25) is 19.3 Å². The largest absolute Gasteiger partial charge is 0.432 e. The number of alkyl halides is 2. The lowest BCUT2D eigenvalue weighted by Crippen LogP contribution is -2.28. The minimum absolute atomic E-state index is 0.0708. The molecule has 146 valence electrons. The summed E-state index contributed by atoms with van der Waals surface area (Å²) in [5.74, 6) is -2.65. The van der Waals surface area contributed by atoms with Crippen molar-refractivity contribution < 1.29 is 32.3 Å². The molecule has 3 amide bonds. The molecule has 1 N–H and O–H groups in total. The summed E-state index contributed by atoms with van der Waals surface area (Å²) in [6.07, 6.45) is 0.411. The average Bonchev–Trinajstić information content (AvgIpc) is 2.96. The Morgan fingerprint density at radius 3 is 2.29 bits per heavy atom. The van der Waals surface area contributed by atoms with E-state index in [2.05, 4.69) is 10.1 Å². The molecule has 0 saturated carbocycles. The Bertz CT molecular complexity index is 900. The lowest BCUT2D eigenvalue weighted by molar-refractivity contribution is -0.139. The van der Waals surface area contributed by atoms with Gasteiger partial charge < -0.3 is 10.1 Å². The van der Waals surface area contributed by atoms with Crippen LogP contribution in [0.5, 0.6) is 5.75 Å². The average molecular weight is 392 g/mol. The number of carbonyl (C=O) groups excluding carboxylic acids is 3. The molecule has 3 rings (SSSR count). The number of likely N-dealkylation sites (tertiary alicyclic amines) is 1. The molecule has 6 nitrogen and oxygen atoms in total. The summed E-state index contributed by atoms with van der Waals surface area (Å²) in [6.45, 7) is -3.02. The van der Waals surface area contributed by atoms with Crippen LogP contribution >= 0.6 is 0 Å². The van der Waals surface area contributed by atoms with Crippen molar-refractivity contribution in [1.82, 2.24) is 4.90 Å². The molecule has 1 aliphatic rings. The zero-order valence-electron chi connectivity index (χ0n) is 14.5. The van der Waals surface area contributed by atoms with Crippen molar-refractivity contribution in [2.24, 2.45) is 0 Å². The fourth-order valence-electron chi connectivity index (χ4n) is 2.72. The highest BCUT2D eigenvalue weighted by Gasteiger charge is 2.28. The second-order valence-corrected chi connectivity index (χ2v) is 6.05. The lowest BCUT2D eigenvalue weighted by Gasteiger charge is -2.14. The van der Waals surface area contributed by atoms with Crippen LogP contribution in [0.2, 0.25) is 0 Å². The van der Waals surface area contributed by atoms with Crippen molar-refractivity contribution in [3.05, 3.63) is 59.4 Å². The van der Waals surface area contributed by atoms with Gasteiger partial charge in [0.1, 0.15) is 0 Å². The Kier molecular flexibility index (Phi) is 5.62. The quantitative estimate of drug-likeness (QED) is 0.766. The first kappa shape index (κ1) is 19.4. The molecule has 1 aliphatic heterocycles. The van der Waals surface area contributed by atoms with Gasteiger partial charge in [0.05, 0.1) is 6.54 Å². The van der Waals surface area contributed by atoms with E-state index in [-0.39, 0.29) is 42.5 Å². The van der Waals surface area contributed by atoms with E-state index in [1.54, 1.807) is 12.1 Å². The number of hydrogen-bond donors (Lipinski definition) is 1. The van der Waals surface area contributed by atoms with Gasteiger partial charge in [-0.05, 0) is 29.8 Å². The van der Waals surface area contributed by atoms with Gasteiger partial charge in [-0.1, -0.05) is 12.1 Å². The van der Waals surface area contributed by atoms with Crippen molar-refractivity contribution in [3.8, 4) is 5.75 Å². The van der Waals surface area contributed by atoms with Crippen LogP contribution in [0.4, 0.5) is 18.9 Å². The summed E-state index contributed by atoms with van der Waals surface area (Å²) in [5.41, 5.74) is 1.01. The Morgan fingerprint density at radius 1 is 1.07 bits per heavy atom. The maximum atomic E-state index is 13.7. The Labute approximate surface area is 157 Å². The van der Waals surface area contributed by atoms with Crippen LogP contribution in [0.3, 0.4) is 0 Å². The molecule has 0 aromatic heterocycles. The molecule has 0 bridgehead atoms. The van der Waals surface area contributed by atoms with Crippen molar-refractivity contribution in [2.75, 3.05) is 5.32 Å². The SMILES string of the molecule is O=C(Nc1ccc(OC(F)F)c(F)c1)c1ccc(CN2C(=O)CCC2=O)cc1. The zero-order chi connectivity index (χ0) is 20.3. The molecule has 0 atom stereocenters. The summed E-state index contributed by atoms with van der Waals surface area (Å²) in [6, 6.07) is 9.30. The van der Waals surface area contributed by atoms with Crippen LogP contribution in [-0.2, 0) is 16.1 Å². The van der Waals surface area contributed by atoms with E-state index in [1.807, 2.05) is 0 Å². The molecule has 9 heteroatoms. The zero-order valence-corrected chi connectivity index (χ0v) is 14.5. The minimum Gasteiger partial charge on any atom is -0.432 e. The second-order valence-electron chi connectivity index (χ2n) is 6.05. The fourth-order valence-corrected chi connectivity index (χ4v) is 2.72. The topological polar surface area (TPSA) is 75.7 Å². The van der Waals surface area contributed by atoms with Gasteiger partial charge in [0, 0.05) is 30.2 Å². The number of anilines is 1. The normalized spacial score (nSPS) is 13.9. The standard InChI is InChI=1S/C19H15F3N2O4/c20-14-9-13(5-6-15(14)28-19(21)22)23-18(27)12-3-1-11(2-4-12)10-24-16(25)7-8-17(24)26/h1-6,9,19H,7-8,10H2,(H,23,27). The lowest BCUT2D eigenvalue weighted by atomic mass is 10.1. The van der Waals surface area contributed by atoms with Crippen molar-refractivity contribution in [2.45, 2.75) is 26.0 Å². The first-order valence-corrected chi connectivity index (χ1v) is 8.31. The highest BCUT2D eigenvalue weighted by Crippen LogP contribution is 2.23. The molecule has 0 spiro atoms. The van der Waals surface area contributed by atoms with Crippen LogP contribution in [-0.4, -0.2) is 29.2 Å². The minimum atomic E-state index is -3.15. The number of ether oxygens (including phenoxy) is 1. The van der Waals surface area contributed by atoms with Gasteiger partial charge >= 0.3 is 6.61 Å². The third-order valence-corrected chi connectivity index (χ3v) is 4.12. The maximum absolute atomic E-state index is 13.7. The Hall–Kier alpha value is -3.36. The van der Waals surface area contributed by atoms with E-state index in [0.29, 0.717) is 5.56 Å². The molecule has 1 heterocycles. The van der Waals surface area contributed by atoms with Gasteiger partial charge in [-0.15, -0.1) is 0 Å².